The van der Waals surface area contributed by atoms with Crippen molar-refractivity contribution >= 4 is 34.2 Å². The fourth-order valence-electron chi connectivity index (χ4n) is 1.83. The van der Waals surface area contributed by atoms with E-state index in [9.17, 15) is 9.18 Å². The number of benzene rings is 1. The Hall–Kier alpha value is -0.650. The maximum absolute atomic E-state index is 13.5. The van der Waals surface area contributed by atoms with Crippen molar-refractivity contribution < 1.29 is 9.18 Å². The van der Waals surface area contributed by atoms with E-state index in [4.69, 9.17) is 0 Å². The van der Waals surface area contributed by atoms with Gasteiger partial charge in [-0.25, -0.2) is 4.39 Å². The summed E-state index contributed by atoms with van der Waals surface area (Å²) in [6, 6.07) is 5.07. The second-order valence-corrected chi connectivity index (χ2v) is 5.40. The standard InChI is InChI=1S/C13H16BrFN2O.ClH/c14-11-4-3-9(12(15)6-11)2-1-5-17-13(18)10-7-16-8-10;/h3-4,6,10,16H,1-2,5,7-8H2,(H,17,18);1H. The normalized spacial score (nSPS) is 14.4. The Morgan fingerprint density at radius 1 is 1.47 bits per heavy atom. The average Bonchev–Trinajstić information content (AvgIpc) is 2.24. The molecule has 2 N–H and O–H groups in total. The van der Waals surface area contributed by atoms with Gasteiger partial charge in [0, 0.05) is 24.1 Å². The van der Waals surface area contributed by atoms with Gasteiger partial charge in [0.05, 0.1) is 5.92 Å². The Morgan fingerprint density at radius 2 is 2.21 bits per heavy atom. The lowest BCUT2D eigenvalue weighted by atomic mass is 10.0. The molecule has 0 unspecified atom stereocenters. The number of aryl methyl sites for hydroxylation is 1. The number of hydrogen-bond acceptors (Lipinski definition) is 2. The lowest BCUT2D eigenvalue weighted by Gasteiger charge is -2.25. The van der Waals surface area contributed by atoms with Gasteiger partial charge in [0.25, 0.3) is 0 Å². The molecule has 1 amide bonds. The van der Waals surface area contributed by atoms with Crippen LogP contribution >= 0.6 is 28.3 Å². The number of nitrogens with one attached hydrogen (secondary N) is 2. The summed E-state index contributed by atoms with van der Waals surface area (Å²) < 4.78 is 14.2. The predicted octanol–water partition coefficient (Wildman–Crippen LogP) is 2.28. The molecule has 3 nitrogen and oxygen atoms in total. The quantitative estimate of drug-likeness (QED) is 0.799. The fraction of sp³-hybridized carbons (Fsp3) is 0.462. The molecule has 106 valence electrons. The van der Waals surface area contributed by atoms with Gasteiger partial charge in [-0.1, -0.05) is 22.0 Å². The van der Waals surface area contributed by atoms with Crippen LogP contribution in [0.2, 0.25) is 0 Å². The van der Waals surface area contributed by atoms with Crippen LogP contribution in [0.5, 0.6) is 0 Å². The molecule has 6 heteroatoms. The summed E-state index contributed by atoms with van der Waals surface area (Å²) in [4.78, 5) is 11.5. The maximum Gasteiger partial charge on any atom is 0.225 e. The minimum absolute atomic E-state index is 0. The zero-order valence-electron chi connectivity index (χ0n) is 10.4. The molecule has 19 heavy (non-hydrogen) atoms. The van der Waals surface area contributed by atoms with Gasteiger partial charge in [0.1, 0.15) is 5.82 Å². The fourth-order valence-corrected chi connectivity index (χ4v) is 2.17. The molecule has 1 heterocycles. The van der Waals surface area contributed by atoms with E-state index in [1.165, 1.54) is 6.07 Å². The van der Waals surface area contributed by atoms with Gasteiger partial charge in [-0.15, -0.1) is 12.4 Å². The summed E-state index contributed by atoms with van der Waals surface area (Å²) in [6.45, 7) is 2.14. The first kappa shape index (κ1) is 16.4. The average molecular weight is 352 g/mol. The van der Waals surface area contributed by atoms with Crippen molar-refractivity contribution in [3.8, 4) is 0 Å². The largest absolute Gasteiger partial charge is 0.356 e. The van der Waals surface area contributed by atoms with Crippen molar-refractivity contribution in [2.24, 2.45) is 5.92 Å². The van der Waals surface area contributed by atoms with Crippen molar-refractivity contribution in [1.29, 1.82) is 0 Å². The van der Waals surface area contributed by atoms with Crippen LogP contribution in [0.4, 0.5) is 4.39 Å². The molecule has 1 saturated heterocycles. The summed E-state index contributed by atoms with van der Waals surface area (Å²) >= 11 is 3.22. The molecule has 0 aromatic heterocycles. The monoisotopic (exact) mass is 350 g/mol. The van der Waals surface area contributed by atoms with Crippen molar-refractivity contribution in [1.82, 2.24) is 10.6 Å². The van der Waals surface area contributed by atoms with Crippen molar-refractivity contribution in [3.05, 3.63) is 34.1 Å². The highest BCUT2D eigenvalue weighted by Gasteiger charge is 2.23. The Kier molecular flexibility index (Phi) is 6.75. The molecule has 0 aliphatic carbocycles. The number of amides is 1. The topological polar surface area (TPSA) is 41.1 Å². The Morgan fingerprint density at radius 3 is 2.79 bits per heavy atom. The third-order valence-electron chi connectivity index (χ3n) is 3.09. The number of carbonyl (C=O) groups is 1. The van der Waals surface area contributed by atoms with E-state index in [1.54, 1.807) is 6.07 Å². The van der Waals surface area contributed by atoms with E-state index in [1.807, 2.05) is 6.07 Å². The van der Waals surface area contributed by atoms with E-state index in [2.05, 4.69) is 26.6 Å². The minimum atomic E-state index is -0.195. The summed E-state index contributed by atoms with van der Waals surface area (Å²) in [6.07, 6.45) is 1.40. The molecule has 1 aromatic rings. The highest BCUT2D eigenvalue weighted by molar-refractivity contribution is 9.10. The second kappa shape index (κ2) is 7.82. The Bertz CT molecular complexity index is 441. The molecule has 0 atom stereocenters. The number of halogens is 3. The van der Waals surface area contributed by atoms with Crippen LogP contribution in [0.3, 0.4) is 0 Å². The third-order valence-corrected chi connectivity index (χ3v) is 3.58. The van der Waals surface area contributed by atoms with Crippen LogP contribution in [0, 0.1) is 11.7 Å². The lowest BCUT2D eigenvalue weighted by molar-refractivity contribution is -0.126. The highest BCUT2D eigenvalue weighted by Crippen LogP contribution is 2.16. The minimum Gasteiger partial charge on any atom is -0.356 e. The SMILES string of the molecule is Cl.O=C(NCCCc1ccc(Br)cc1F)C1CNC1. The van der Waals surface area contributed by atoms with E-state index >= 15 is 0 Å². The summed E-state index contributed by atoms with van der Waals surface area (Å²) in [5.74, 6) is 0.0262. The van der Waals surface area contributed by atoms with Gasteiger partial charge in [-0.2, -0.15) is 0 Å². The van der Waals surface area contributed by atoms with Crippen LogP contribution in [-0.2, 0) is 11.2 Å². The van der Waals surface area contributed by atoms with Crippen LogP contribution in [0.25, 0.3) is 0 Å². The molecule has 1 aliphatic heterocycles. The van der Waals surface area contributed by atoms with Gasteiger partial charge in [-0.05, 0) is 30.5 Å². The van der Waals surface area contributed by atoms with Gasteiger partial charge < -0.3 is 10.6 Å². The number of rotatable bonds is 5. The van der Waals surface area contributed by atoms with E-state index < -0.39 is 0 Å². The number of carbonyl (C=O) groups excluding carboxylic acids is 1. The Balaban J connectivity index is 0.00000180. The molecular formula is C13H17BrClFN2O. The first-order valence-corrected chi connectivity index (χ1v) is 6.88. The van der Waals surface area contributed by atoms with Gasteiger partial charge in [-0.3, -0.25) is 4.79 Å². The zero-order valence-corrected chi connectivity index (χ0v) is 12.8. The van der Waals surface area contributed by atoms with Crippen molar-refractivity contribution in [3.63, 3.8) is 0 Å². The molecule has 1 aliphatic rings. The second-order valence-electron chi connectivity index (χ2n) is 4.49. The highest BCUT2D eigenvalue weighted by atomic mass is 79.9. The molecule has 0 bridgehead atoms. The van der Waals surface area contributed by atoms with E-state index in [0.717, 1.165) is 24.0 Å². The molecule has 0 saturated carbocycles. The molecular weight excluding hydrogens is 335 g/mol. The summed E-state index contributed by atoms with van der Waals surface area (Å²) in [7, 11) is 0. The smallest absolute Gasteiger partial charge is 0.225 e. The number of hydrogen-bond donors (Lipinski definition) is 2. The van der Waals surface area contributed by atoms with Crippen LogP contribution < -0.4 is 10.6 Å². The van der Waals surface area contributed by atoms with E-state index in [-0.39, 0.29) is 30.0 Å². The van der Waals surface area contributed by atoms with Gasteiger partial charge >= 0.3 is 0 Å². The maximum atomic E-state index is 13.5. The predicted molar refractivity (Wildman–Crippen MR) is 79.0 cm³/mol. The third kappa shape index (κ3) is 4.75. The zero-order chi connectivity index (χ0) is 13.0. The van der Waals surface area contributed by atoms with Crippen LogP contribution in [0.15, 0.2) is 22.7 Å². The Labute approximate surface area is 126 Å². The van der Waals surface area contributed by atoms with E-state index in [0.29, 0.717) is 18.5 Å². The van der Waals surface area contributed by atoms with Gasteiger partial charge in [0.2, 0.25) is 5.91 Å². The van der Waals surface area contributed by atoms with Crippen LogP contribution in [0.1, 0.15) is 12.0 Å². The molecule has 1 aromatic carbocycles. The molecule has 0 radical (unpaired) electrons. The van der Waals surface area contributed by atoms with Crippen LogP contribution in [-0.4, -0.2) is 25.5 Å². The molecule has 0 spiro atoms. The van der Waals surface area contributed by atoms with Crippen molar-refractivity contribution in [2.75, 3.05) is 19.6 Å². The first-order chi connectivity index (χ1) is 8.66. The molecule has 1 fully saturated rings. The summed E-state index contributed by atoms with van der Waals surface area (Å²) in [5, 5.41) is 5.93. The van der Waals surface area contributed by atoms with Gasteiger partial charge in [0.15, 0.2) is 0 Å². The first-order valence-electron chi connectivity index (χ1n) is 6.09. The summed E-state index contributed by atoms with van der Waals surface area (Å²) in [5.41, 5.74) is 0.692. The lowest BCUT2D eigenvalue weighted by Crippen LogP contribution is -2.50. The molecule has 2 rings (SSSR count). The van der Waals surface area contributed by atoms with Crippen molar-refractivity contribution in [2.45, 2.75) is 12.8 Å².